The van der Waals surface area contributed by atoms with Gasteiger partial charge < -0.3 is 9.84 Å². The topological polar surface area (TPSA) is 93.5 Å². The lowest BCUT2D eigenvalue weighted by Gasteiger charge is -2.08. The van der Waals surface area contributed by atoms with E-state index in [9.17, 15) is 8.42 Å². The fraction of sp³-hybridized carbons (Fsp3) is 0.250. The van der Waals surface area contributed by atoms with Gasteiger partial charge in [-0.15, -0.1) is 0 Å². The average molecular weight is 376 g/mol. The second kappa shape index (κ2) is 6.46. The van der Waals surface area contributed by atoms with Crippen molar-refractivity contribution in [3.63, 3.8) is 0 Å². The fourth-order valence-corrected chi connectivity index (χ4v) is 3.13. The molecule has 0 atom stereocenters. The van der Waals surface area contributed by atoms with E-state index in [-0.39, 0.29) is 18.0 Å². The van der Waals surface area contributed by atoms with Crippen LogP contribution in [0.15, 0.2) is 40.0 Å². The standard InChI is InChI=1S/C12H14BrN3O4S/c1-20-11-5-9(13)4-10(6-11)15-21(18,19)12-7-14-16(8-12)2-3-17/h4-8,15,17H,2-3H2,1H3. The van der Waals surface area contributed by atoms with Gasteiger partial charge >= 0.3 is 0 Å². The zero-order valence-electron chi connectivity index (χ0n) is 11.2. The van der Waals surface area contributed by atoms with Gasteiger partial charge in [-0.1, -0.05) is 15.9 Å². The molecule has 0 spiro atoms. The third-order valence-electron chi connectivity index (χ3n) is 2.61. The van der Waals surface area contributed by atoms with Gasteiger partial charge in [0.05, 0.1) is 32.1 Å². The largest absolute Gasteiger partial charge is 0.497 e. The number of benzene rings is 1. The number of anilines is 1. The van der Waals surface area contributed by atoms with E-state index in [1.54, 1.807) is 18.2 Å². The van der Waals surface area contributed by atoms with Crippen molar-refractivity contribution in [2.45, 2.75) is 11.4 Å². The van der Waals surface area contributed by atoms with Gasteiger partial charge in [0, 0.05) is 16.7 Å². The molecule has 0 saturated heterocycles. The molecule has 2 rings (SSSR count). The molecule has 0 saturated carbocycles. The normalized spacial score (nSPS) is 11.4. The predicted octanol–water partition coefficient (Wildman–Crippen LogP) is 1.45. The Morgan fingerprint density at radius 2 is 2.19 bits per heavy atom. The lowest BCUT2D eigenvalue weighted by Crippen LogP contribution is -2.12. The monoisotopic (exact) mass is 375 g/mol. The number of ether oxygens (including phenoxy) is 1. The van der Waals surface area contributed by atoms with Crippen LogP contribution in [-0.2, 0) is 16.6 Å². The third kappa shape index (κ3) is 3.96. The zero-order chi connectivity index (χ0) is 15.5. The molecule has 9 heteroatoms. The fourth-order valence-electron chi connectivity index (χ4n) is 1.66. The molecule has 2 N–H and O–H groups in total. The number of halogens is 1. The number of aliphatic hydroxyl groups is 1. The minimum Gasteiger partial charge on any atom is -0.497 e. The van der Waals surface area contributed by atoms with Gasteiger partial charge in [0.2, 0.25) is 0 Å². The Morgan fingerprint density at radius 1 is 1.43 bits per heavy atom. The molecule has 7 nitrogen and oxygen atoms in total. The first-order chi connectivity index (χ1) is 9.94. The summed E-state index contributed by atoms with van der Waals surface area (Å²) >= 11 is 3.28. The number of aliphatic hydroxyl groups excluding tert-OH is 1. The summed E-state index contributed by atoms with van der Waals surface area (Å²) in [4.78, 5) is 0.0230. The smallest absolute Gasteiger partial charge is 0.265 e. The molecule has 21 heavy (non-hydrogen) atoms. The zero-order valence-corrected chi connectivity index (χ0v) is 13.6. The van der Waals surface area contributed by atoms with E-state index in [1.807, 2.05) is 0 Å². The summed E-state index contributed by atoms with van der Waals surface area (Å²) in [7, 11) is -2.24. The van der Waals surface area contributed by atoms with Crippen molar-refractivity contribution < 1.29 is 18.3 Å². The number of methoxy groups -OCH3 is 1. The summed E-state index contributed by atoms with van der Waals surface area (Å²) in [5.41, 5.74) is 0.371. The van der Waals surface area contributed by atoms with Gasteiger partial charge in [-0.2, -0.15) is 5.10 Å². The summed E-state index contributed by atoms with van der Waals surface area (Å²) in [6.07, 6.45) is 2.58. The van der Waals surface area contributed by atoms with Crippen molar-refractivity contribution in [2.24, 2.45) is 0 Å². The lowest BCUT2D eigenvalue weighted by atomic mass is 10.3. The van der Waals surface area contributed by atoms with Crippen LogP contribution in [0.1, 0.15) is 0 Å². The molecule has 1 aromatic heterocycles. The minimum absolute atomic E-state index is 0.0230. The quantitative estimate of drug-likeness (QED) is 0.796. The van der Waals surface area contributed by atoms with Crippen LogP contribution in [0.2, 0.25) is 0 Å². The van der Waals surface area contributed by atoms with E-state index >= 15 is 0 Å². The van der Waals surface area contributed by atoms with Crippen molar-refractivity contribution in [1.29, 1.82) is 0 Å². The maximum absolute atomic E-state index is 12.2. The van der Waals surface area contributed by atoms with Gasteiger partial charge in [0.25, 0.3) is 10.0 Å². The highest BCUT2D eigenvalue weighted by atomic mass is 79.9. The molecule has 1 aromatic carbocycles. The molecule has 1 heterocycles. The number of nitrogens with one attached hydrogen (secondary N) is 1. The van der Waals surface area contributed by atoms with E-state index in [4.69, 9.17) is 9.84 Å². The Labute approximate surface area is 130 Å². The van der Waals surface area contributed by atoms with Crippen LogP contribution in [0.25, 0.3) is 0 Å². The molecular weight excluding hydrogens is 362 g/mol. The maximum Gasteiger partial charge on any atom is 0.265 e. The number of rotatable bonds is 6. The molecule has 0 aliphatic carbocycles. The van der Waals surface area contributed by atoms with Crippen molar-refractivity contribution in [2.75, 3.05) is 18.4 Å². The van der Waals surface area contributed by atoms with Gasteiger partial charge in [-0.3, -0.25) is 9.40 Å². The van der Waals surface area contributed by atoms with Crippen LogP contribution in [0.4, 0.5) is 5.69 Å². The van der Waals surface area contributed by atoms with E-state index in [0.29, 0.717) is 15.9 Å². The Bertz CT molecular complexity index is 730. The molecule has 0 amide bonds. The molecule has 0 aliphatic rings. The molecule has 0 bridgehead atoms. The Morgan fingerprint density at radius 3 is 2.86 bits per heavy atom. The Kier molecular flexibility index (Phi) is 4.86. The van der Waals surface area contributed by atoms with E-state index < -0.39 is 10.0 Å². The molecule has 0 aliphatic heterocycles. The van der Waals surface area contributed by atoms with E-state index in [2.05, 4.69) is 25.8 Å². The number of nitrogens with zero attached hydrogens (tertiary/aromatic N) is 2. The summed E-state index contributed by atoms with van der Waals surface area (Å²) in [5.74, 6) is 0.526. The molecule has 114 valence electrons. The number of aromatic nitrogens is 2. The highest BCUT2D eigenvalue weighted by molar-refractivity contribution is 9.10. The highest BCUT2D eigenvalue weighted by Gasteiger charge is 2.17. The summed E-state index contributed by atoms with van der Waals surface area (Å²) in [6.45, 7) is 0.123. The van der Waals surface area contributed by atoms with Gasteiger partial charge in [0.1, 0.15) is 10.6 Å². The van der Waals surface area contributed by atoms with Gasteiger partial charge in [-0.05, 0) is 12.1 Å². The van der Waals surface area contributed by atoms with Gasteiger partial charge in [-0.25, -0.2) is 8.42 Å². The summed E-state index contributed by atoms with van der Waals surface area (Å²) in [6, 6.07) is 4.91. The van der Waals surface area contributed by atoms with Crippen molar-refractivity contribution in [1.82, 2.24) is 9.78 Å². The van der Waals surface area contributed by atoms with Crippen LogP contribution in [-0.4, -0.2) is 37.0 Å². The van der Waals surface area contributed by atoms with Crippen molar-refractivity contribution in [3.8, 4) is 5.75 Å². The number of hydrogen-bond acceptors (Lipinski definition) is 5. The predicted molar refractivity (Wildman–Crippen MR) is 80.8 cm³/mol. The van der Waals surface area contributed by atoms with Crippen molar-refractivity contribution >= 4 is 31.6 Å². The maximum atomic E-state index is 12.2. The third-order valence-corrected chi connectivity index (χ3v) is 4.40. The van der Waals surface area contributed by atoms with Crippen LogP contribution >= 0.6 is 15.9 Å². The van der Waals surface area contributed by atoms with E-state index in [1.165, 1.54) is 24.2 Å². The van der Waals surface area contributed by atoms with Crippen LogP contribution in [0.5, 0.6) is 5.75 Å². The van der Waals surface area contributed by atoms with Crippen LogP contribution in [0.3, 0.4) is 0 Å². The minimum atomic E-state index is -3.74. The molecular formula is C12H14BrN3O4S. The van der Waals surface area contributed by atoms with Crippen LogP contribution < -0.4 is 9.46 Å². The van der Waals surface area contributed by atoms with Crippen molar-refractivity contribution in [3.05, 3.63) is 35.1 Å². The highest BCUT2D eigenvalue weighted by Crippen LogP contribution is 2.26. The summed E-state index contributed by atoms with van der Waals surface area (Å²) < 4.78 is 34.1. The second-order valence-corrected chi connectivity index (χ2v) is 6.75. The first kappa shape index (κ1) is 15.8. The van der Waals surface area contributed by atoms with Gasteiger partial charge in [0.15, 0.2) is 0 Å². The first-order valence-electron chi connectivity index (χ1n) is 5.95. The second-order valence-electron chi connectivity index (χ2n) is 4.15. The summed E-state index contributed by atoms with van der Waals surface area (Å²) in [5, 5.41) is 12.7. The van der Waals surface area contributed by atoms with E-state index in [0.717, 1.165) is 0 Å². The number of hydrogen-bond donors (Lipinski definition) is 2. The Hall–Kier alpha value is -1.58. The SMILES string of the molecule is COc1cc(Br)cc(NS(=O)(=O)c2cnn(CCO)c2)c1. The lowest BCUT2D eigenvalue weighted by molar-refractivity contribution is 0.269. The molecule has 0 unspecified atom stereocenters. The Balaban J connectivity index is 2.26. The molecule has 0 fully saturated rings. The molecule has 2 aromatic rings. The number of sulfonamides is 1. The average Bonchev–Trinajstić information content (AvgIpc) is 2.87. The first-order valence-corrected chi connectivity index (χ1v) is 8.23. The molecule has 0 radical (unpaired) electrons. The van der Waals surface area contributed by atoms with Crippen LogP contribution in [0, 0.1) is 0 Å².